The van der Waals surface area contributed by atoms with Crippen LogP contribution in [0.5, 0.6) is 0 Å². The molecule has 0 spiro atoms. The summed E-state index contributed by atoms with van der Waals surface area (Å²) in [6, 6.07) is 15.8. The lowest BCUT2D eigenvalue weighted by Gasteiger charge is -2.17. The molecule has 1 amide bonds. The molecule has 1 saturated heterocycles. The maximum Gasteiger partial charge on any atom is 0.255 e. The fourth-order valence-corrected chi connectivity index (χ4v) is 3.29. The van der Waals surface area contributed by atoms with Crippen molar-refractivity contribution >= 4 is 17.3 Å². The number of rotatable bonds is 5. The average molecular weight is 346 g/mol. The molecule has 5 heteroatoms. The van der Waals surface area contributed by atoms with Gasteiger partial charge in [-0.05, 0) is 54.8 Å². The molecule has 0 bridgehead atoms. The molecule has 1 aliphatic heterocycles. The molecule has 0 radical (unpaired) electrons. The lowest BCUT2D eigenvalue weighted by Crippen LogP contribution is -2.17. The van der Waals surface area contributed by atoms with Crippen LogP contribution in [0.3, 0.4) is 0 Å². The largest absolute Gasteiger partial charge is 0.372 e. The lowest BCUT2D eigenvalue weighted by atomic mass is 10.1. The normalized spacial score (nSPS) is 13.8. The molecule has 1 aliphatic rings. The van der Waals surface area contributed by atoms with E-state index in [0.717, 1.165) is 30.9 Å². The molecule has 4 rings (SSSR count). The van der Waals surface area contributed by atoms with Gasteiger partial charge in [0.25, 0.3) is 5.91 Å². The van der Waals surface area contributed by atoms with E-state index in [0.29, 0.717) is 5.56 Å². The van der Waals surface area contributed by atoms with Crippen LogP contribution in [0.4, 0.5) is 11.4 Å². The quantitative estimate of drug-likeness (QED) is 0.765. The first kappa shape index (κ1) is 16.4. The van der Waals surface area contributed by atoms with E-state index in [-0.39, 0.29) is 5.91 Å². The van der Waals surface area contributed by atoms with Crippen molar-refractivity contribution in [2.75, 3.05) is 23.3 Å². The third-order valence-electron chi connectivity index (χ3n) is 4.74. The first-order valence-corrected chi connectivity index (χ1v) is 8.99. The van der Waals surface area contributed by atoms with Crippen molar-refractivity contribution in [3.63, 3.8) is 0 Å². The minimum atomic E-state index is -0.0897. The van der Waals surface area contributed by atoms with Gasteiger partial charge in [-0.25, -0.2) is 4.98 Å². The summed E-state index contributed by atoms with van der Waals surface area (Å²) in [6.07, 6.45) is 7.99. The highest BCUT2D eigenvalue weighted by Crippen LogP contribution is 2.22. The van der Waals surface area contributed by atoms with Gasteiger partial charge in [-0.15, -0.1) is 0 Å². The van der Waals surface area contributed by atoms with Crippen LogP contribution in [-0.2, 0) is 6.54 Å². The highest BCUT2D eigenvalue weighted by Gasteiger charge is 2.12. The summed E-state index contributed by atoms with van der Waals surface area (Å²) in [4.78, 5) is 18.9. The number of carbonyl (C=O) groups excluding carboxylic acids is 1. The molecular formula is C21H22N4O. The van der Waals surface area contributed by atoms with Gasteiger partial charge in [-0.2, -0.15) is 0 Å². The second-order valence-corrected chi connectivity index (χ2v) is 6.63. The SMILES string of the molecule is O=C(Nc1ccc(N2CCCC2)cc1)c1ccc(Cn2ccnc2)cc1. The number of nitrogens with one attached hydrogen (secondary N) is 1. The van der Waals surface area contributed by atoms with Gasteiger partial charge in [0.05, 0.1) is 6.33 Å². The zero-order chi connectivity index (χ0) is 17.8. The van der Waals surface area contributed by atoms with E-state index >= 15 is 0 Å². The van der Waals surface area contributed by atoms with E-state index in [4.69, 9.17) is 0 Å². The van der Waals surface area contributed by atoms with Gasteiger partial charge in [-0.1, -0.05) is 12.1 Å². The van der Waals surface area contributed by atoms with E-state index in [1.165, 1.54) is 18.5 Å². The maximum atomic E-state index is 12.4. The fourth-order valence-electron chi connectivity index (χ4n) is 3.29. The van der Waals surface area contributed by atoms with Gasteiger partial charge in [0.1, 0.15) is 0 Å². The predicted molar refractivity (Wildman–Crippen MR) is 104 cm³/mol. The minimum absolute atomic E-state index is 0.0897. The molecular weight excluding hydrogens is 324 g/mol. The number of aromatic nitrogens is 2. The Bertz CT molecular complexity index is 848. The molecule has 5 nitrogen and oxygen atoms in total. The smallest absolute Gasteiger partial charge is 0.255 e. The van der Waals surface area contributed by atoms with Crippen LogP contribution in [0.2, 0.25) is 0 Å². The zero-order valence-electron chi connectivity index (χ0n) is 14.6. The standard InChI is InChI=1S/C21H22N4O/c26-21(18-5-3-17(4-6-18)15-24-14-11-22-16-24)23-19-7-9-20(10-8-19)25-12-1-2-13-25/h3-11,14,16H,1-2,12-13,15H2,(H,23,26). The number of imidazole rings is 1. The fraction of sp³-hybridized carbons (Fsp3) is 0.238. The summed E-state index contributed by atoms with van der Waals surface area (Å²) in [6.45, 7) is 2.99. The maximum absolute atomic E-state index is 12.4. The summed E-state index contributed by atoms with van der Waals surface area (Å²) in [5, 5.41) is 2.97. The Balaban J connectivity index is 1.38. The topological polar surface area (TPSA) is 50.2 Å². The van der Waals surface area contributed by atoms with Gasteiger partial charge in [-0.3, -0.25) is 4.79 Å². The molecule has 2 aromatic carbocycles. The first-order valence-electron chi connectivity index (χ1n) is 8.99. The highest BCUT2D eigenvalue weighted by molar-refractivity contribution is 6.04. The Morgan fingerprint density at radius 3 is 2.38 bits per heavy atom. The second kappa shape index (κ2) is 7.44. The van der Waals surface area contributed by atoms with Crippen LogP contribution in [0.25, 0.3) is 0 Å². The minimum Gasteiger partial charge on any atom is -0.372 e. The Morgan fingerprint density at radius 1 is 1.00 bits per heavy atom. The van der Waals surface area contributed by atoms with E-state index < -0.39 is 0 Å². The van der Waals surface area contributed by atoms with Crippen molar-refractivity contribution in [3.8, 4) is 0 Å². The number of benzene rings is 2. The average Bonchev–Trinajstić information content (AvgIpc) is 3.37. The summed E-state index contributed by atoms with van der Waals surface area (Å²) >= 11 is 0. The molecule has 1 N–H and O–H groups in total. The van der Waals surface area contributed by atoms with E-state index in [1.807, 2.05) is 47.2 Å². The van der Waals surface area contributed by atoms with Crippen LogP contribution in [0.1, 0.15) is 28.8 Å². The van der Waals surface area contributed by atoms with Gasteiger partial charge < -0.3 is 14.8 Å². The number of anilines is 2. The first-order chi connectivity index (χ1) is 12.8. The van der Waals surface area contributed by atoms with Gasteiger partial charge in [0.2, 0.25) is 0 Å². The number of hydrogen-bond donors (Lipinski definition) is 1. The summed E-state index contributed by atoms with van der Waals surface area (Å²) in [7, 11) is 0. The molecule has 26 heavy (non-hydrogen) atoms. The van der Waals surface area contributed by atoms with Crippen molar-refractivity contribution < 1.29 is 4.79 Å². The van der Waals surface area contributed by atoms with Crippen molar-refractivity contribution in [2.45, 2.75) is 19.4 Å². The number of carbonyl (C=O) groups is 1. The Hall–Kier alpha value is -3.08. The number of hydrogen-bond acceptors (Lipinski definition) is 3. The Morgan fingerprint density at radius 2 is 1.73 bits per heavy atom. The molecule has 0 atom stereocenters. The third-order valence-corrected chi connectivity index (χ3v) is 4.74. The van der Waals surface area contributed by atoms with E-state index in [2.05, 4.69) is 27.3 Å². The highest BCUT2D eigenvalue weighted by atomic mass is 16.1. The summed E-state index contributed by atoms with van der Waals surface area (Å²) in [5.74, 6) is -0.0897. The molecule has 2 heterocycles. The molecule has 3 aromatic rings. The van der Waals surface area contributed by atoms with E-state index in [1.54, 1.807) is 12.5 Å². The van der Waals surface area contributed by atoms with Crippen molar-refractivity contribution in [1.82, 2.24) is 9.55 Å². The van der Waals surface area contributed by atoms with Crippen LogP contribution in [-0.4, -0.2) is 28.5 Å². The lowest BCUT2D eigenvalue weighted by molar-refractivity contribution is 0.102. The Labute approximate surface area is 153 Å². The molecule has 1 fully saturated rings. The van der Waals surface area contributed by atoms with Crippen molar-refractivity contribution in [2.24, 2.45) is 0 Å². The Kier molecular flexibility index (Phi) is 4.69. The van der Waals surface area contributed by atoms with Crippen LogP contribution in [0, 0.1) is 0 Å². The second-order valence-electron chi connectivity index (χ2n) is 6.63. The molecule has 132 valence electrons. The summed E-state index contributed by atoms with van der Waals surface area (Å²) < 4.78 is 2.00. The van der Waals surface area contributed by atoms with Gasteiger partial charge >= 0.3 is 0 Å². The molecule has 1 aromatic heterocycles. The van der Waals surface area contributed by atoms with Gasteiger partial charge in [0, 0.05) is 49.0 Å². The molecule has 0 unspecified atom stereocenters. The van der Waals surface area contributed by atoms with Crippen molar-refractivity contribution in [3.05, 3.63) is 78.4 Å². The molecule has 0 saturated carbocycles. The van der Waals surface area contributed by atoms with Crippen molar-refractivity contribution in [1.29, 1.82) is 0 Å². The van der Waals surface area contributed by atoms with E-state index in [9.17, 15) is 4.79 Å². The summed E-state index contributed by atoms with van der Waals surface area (Å²) in [5.41, 5.74) is 3.84. The third kappa shape index (κ3) is 3.77. The van der Waals surface area contributed by atoms with Gasteiger partial charge in [0.15, 0.2) is 0 Å². The van der Waals surface area contributed by atoms with Crippen LogP contribution in [0.15, 0.2) is 67.3 Å². The monoisotopic (exact) mass is 346 g/mol. The van der Waals surface area contributed by atoms with Crippen LogP contribution >= 0.6 is 0 Å². The zero-order valence-corrected chi connectivity index (χ0v) is 14.6. The van der Waals surface area contributed by atoms with Crippen LogP contribution < -0.4 is 10.2 Å². The predicted octanol–water partition coefficient (Wildman–Crippen LogP) is 3.78. The number of nitrogens with zero attached hydrogens (tertiary/aromatic N) is 3. The number of amides is 1. The molecule has 0 aliphatic carbocycles.